The summed E-state index contributed by atoms with van der Waals surface area (Å²) < 4.78 is 5.43. The second-order valence-electron chi connectivity index (χ2n) is 7.85. The van der Waals surface area contributed by atoms with Crippen LogP contribution in [0.2, 0.25) is 0 Å². The van der Waals surface area contributed by atoms with Gasteiger partial charge in [0.25, 0.3) is 0 Å². The number of rotatable bonds is 4. The van der Waals surface area contributed by atoms with Gasteiger partial charge >= 0.3 is 6.09 Å². The van der Waals surface area contributed by atoms with E-state index in [0.717, 1.165) is 16.7 Å². The van der Waals surface area contributed by atoms with Crippen LogP contribution in [0.15, 0.2) is 60.1 Å². The summed E-state index contributed by atoms with van der Waals surface area (Å²) in [6, 6.07) is 15.7. The molecule has 0 saturated heterocycles. The molecular weight excluding hydrogens is 398 g/mol. The van der Waals surface area contributed by atoms with E-state index in [-0.39, 0.29) is 11.8 Å². The van der Waals surface area contributed by atoms with Crippen molar-refractivity contribution >= 4 is 28.5 Å². The summed E-state index contributed by atoms with van der Waals surface area (Å²) in [5.74, 6) is 0.283. The van der Waals surface area contributed by atoms with Crippen molar-refractivity contribution in [3.8, 4) is 5.75 Å². The average molecular weight is 422 g/mol. The van der Waals surface area contributed by atoms with Gasteiger partial charge in [-0.15, -0.1) is 11.3 Å². The molecule has 2 aromatic carbocycles. The summed E-state index contributed by atoms with van der Waals surface area (Å²) in [7, 11) is 3.28. The number of carbonyl (C=O) groups is 2. The Morgan fingerprint density at radius 3 is 2.63 bits per heavy atom. The minimum absolute atomic E-state index is 0.0747. The highest BCUT2D eigenvalue weighted by atomic mass is 32.1. The zero-order valence-corrected chi connectivity index (χ0v) is 17.9. The molecule has 2 amide bonds. The fourth-order valence-electron chi connectivity index (χ4n) is 4.04. The standard InChI is InChI=1S/C23H23N3O3S/c1-23(20(27)25-21-24-11-12-30-21)14-16-13-17(29-22(28)26(2)3)9-10-18(16)19(23)15-7-5-4-6-8-15/h4-13,19H,14H2,1-3H3,(H,24,25,27). The topological polar surface area (TPSA) is 71.5 Å². The maximum Gasteiger partial charge on any atom is 0.414 e. The van der Waals surface area contributed by atoms with E-state index in [9.17, 15) is 9.59 Å². The highest BCUT2D eigenvalue weighted by Gasteiger charge is 2.49. The van der Waals surface area contributed by atoms with Crippen LogP contribution in [0.25, 0.3) is 0 Å². The third kappa shape index (κ3) is 3.68. The first kappa shape index (κ1) is 20.1. The maximum absolute atomic E-state index is 13.4. The maximum atomic E-state index is 13.4. The Hall–Kier alpha value is -3.19. The lowest BCUT2D eigenvalue weighted by molar-refractivity contribution is -0.125. The average Bonchev–Trinajstić information content (AvgIpc) is 3.33. The van der Waals surface area contributed by atoms with Crippen LogP contribution in [0.3, 0.4) is 0 Å². The Morgan fingerprint density at radius 1 is 1.20 bits per heavy atom. The van der Waals surface area contributed by atoms with Gasteiger partial charge < -0.3 is 15.0 Å². The molecule has 1 heterocycles. The van der Waals surface area contributed by atoms with E-state index in [4.69, 9.17) is 4.74 Å². The molecule has 1 N–H and O–H groups in total. The minimum Gasteiger partial charge on any atom is -0.410 e. The number of amides is 2. The second-order valence-corrected chi connectivity index (χ2v) is 8.75. The number of anilines is 1. The van der Waals surface area contributed by atoms with Crippen molar-refractivity contribution in [3.05, 3.63) is 76.8 Å². The van der Waals surface area contributed by atoms with E-state index in [1.807, 2.05) is 42.6 Å². The number of nitrogens with one attached hydrogen (secondary N) is 1. The van der Waals surface area contributed by atoms with Crippen LogP contribution in [0, 0.1) is 5.41 Å². The molecule has 2 unspecified atom stereocenters. The Labute approximate surface area is 179 Å². The van der Waals surface area contributed by atoms with Crippen molar-refractivity contribution < 1.29 is 14.3 Å². The molecule has 30 heavy (non-hydrogen) atoms. The number of benzene rings is 2. The fourth-order valence-corrected chi connectivity index (χ4v) is 4.57. The van der Waals surface area contributed by atoms with Crippen molar-refractivity contribution in [2.75, 3.05) is 19.4 Å². The van der Waals surface area contributed by atoms with Gasteiger partial charge in [0.1, 0.15) is 5.75 Å². The van der Waals surface area contributed by atoms with E-state index in [2.05, 4.69) is 22.4 Å². The summed E-state index contributed by atoms with van der Waals surface area (Å²) in [4.78, 5) is 30.9. The van der Waals surface area contributed by atoms with Crippen LogP contribution >= 0.6 is 11.3 Å². The first-order chi connectivity index (χ1) is 14.4. The van der Waals surface area contributed by atoms with Crippen LogP contribution in [0.1, 0.15) is 29.5 Å². The molecule has 1 aliphatic carbocycles. The minimum atomic E-state index is -0.709. The van der Waals surface area contributed by atoms with Gasteiger partial charge in [0.15, 0.2) is 5.13 Å². The number of hydrogen-bond acceptors (Lipinski definition) is 5. The number of hydrogen-bond donors (Lipinski definition) is 1. The Morgan fingerprint density at radius 2 is 1.97 bits per heavy atom. The van der Waals surface area contributed by atoms with Crippen LogP contribution in [0.5, 0.6) is 5.75 Å². The van der Waals surface area contributed by atoms with Gasteiger partial charge in [0.05, 0.1) is 5.41 Å². The molecule has 154 valence electrons. The number of ether oxygens (including phenoxy) is 1. The quantitative estimate of drug-likeness (QED) is 0.672. The van der Waals surface area contributed by atoms with E-state index in [1.54, 1.807) is 26.4 Å². The summed E-state index contributed by atoms with van der Waals surface area (Å²) in [5.41, 5.74) is 2.44. The molecule has 0 radical (unpaired) electrons. The van der Waals surface area contributed by atoms with Gasteiger partial charge in [0.2, 0.25) is 5.91 Å². The van der Waals surface area contributed by atoms with E-state index in [0.29, 0.717) is 17.3 Å². The lowest BCUT2D eigenvalue weighted by atomic mass is 9.73. The van der Waals surface area contributed by atoms with Crippen molar-refractivity contribution in [1.29, 1.82) is 0 Å². The van der Waals surface area contributed by atoms with E-state index < -0.39 is 11.5 Å². The second kappa shape index (κ2) is 7.91. The van der Waals surface area contributed by atoms with Crippen LogP contribution in [-0.4, -0.2) is 36.0 Å². The summed E-state index contributed by atoms with van der Waals surface area (Å²) in [6.07, 6.45) is 1.77. The monoisotopic (exact) mass is 421 g/mol. The third-order valence-corrected chi connectivity index (χ3v) is 6.18. The molecular formula is C23H23N3O3S. The largest absolute Gasteiger partial charge is 0.414 e. The zero-order valence-electron chi connectivity index (χ0n) is 17.1. The lowest BCUT2D eigenvalue weighted by Crippen LogP contribution is -2.37. The number of aromatic nitrogens is 1. The number of nitrogens with zero attached hydrogens (tertiary/aromatic N) is 2. The van der Waals surface area contributed by atoms with Gasteiger partial charge in [-0.2, -0.15) is 0 Å². The molecule has 2 atom stereocenters. The molecule has 3 aromatic rings. The number of carbonyl (C=O) groups excluding carboxylic acids is 2. The highest BCUT2D eigenvalue weighted by molar-refractivity contribution is 7.13. The summed E-state index contributed by atoms with van der Waals surface area (Å²) in [5, 5.41) is 5.40. The van der Waals surface area contributed by atoms with Crippen molar-refractivity contribution in [1.82, 2.24) is 9.88 Å². The molecule has 4 rings (SSSR count). The third-order valence-electron chi connectivity index (χ3n) is 5.49. The van der Waals surface area contributed by atoms with Crippen LogP contribution < -0.4 is 10.1 Å². The molecule has 0 fully saturated rings. The Kier molecular flexibility index (Phi) is 5.30. The fraction of sp³-hybridized carbons (Fsp3) is 0.261. The van der Waals surface area contributed by atoms with Crippen molar-refractivity contribution in [3.63, 3.8) is 0 Å². The van der Waals surface area contributed by atoms with E-state index >= 15 is 0 Å². The van der Waals surface area contributed by atoms with Gasteiger partial charge in [-0.25, -0.2) is 9.78 Å². The normalized spacial score (nSPS) is 19.8. The van der Waals surface area contributed by atoms with Crippen LogP contribution in [-0.2, 0) is 11.2 Å². The molecule has 0 saturated carbocycles. The molecule has 0 spiro atoms. The SMILES string of the molecule is CN(C)C(=O)Oc1ccc2c(c1)CC(C)(C(=O)Nc1nccs1)C2c1ccccc1. The Bertz CT molecular complexity index is 1070. The Balaban J connectivity index is 1.72. The molecule has 6 nitrogen and oxygen atoms in total. The zero-order chi connectivity index (χ0) is 21.3. The van der Waals surface area contributed by atoms with Gasteiger partial charge in [-0.1, -0.05) is 36.4 Å². The predicted octanol–water partition coefficient (Wildman–Crippen LogP) is 4.54. The summed E-state index contributed by atoms with van der Waals surface area (Å²) in [6.45, 7) is 1.99. The number of thiazole rings is 1. The molecule has 0 bridgehead atoms. The molecule has 1 aliphatic rings. The van der Waals surface area contributed by atoms with Gasteiger partial charge in [0, 0.05) is 31.6 Å². The first-order valence-corrected chi connectivity index (χ1v) is 10.5. The number of fused-ring (bicyclic) bond motifs is 1. The van der Waals surface area contributed by atoms with Crippen molar-refractivity contribution in [2.45, 2.75) is 19.3 Å². The van der Waals surface area contributed by atoms with Crippen molar-refractivity contribution in [2.24, 2.45) is 5.41 Å². The van der Waals surface area contributed by atoms with Gasteiger partial charge in [-0.05, 0) is 42.2 Å². The molecule has 0 aliphatic heterocycles. The smallest absolute Gasteiger partial charge is 0.410 e. The summed E-state index contributed by atoms with van der Waals surface area (Å²) >= 11 is 1.40. The van der Waals surface area contributed by atoms with Gasteiger partial charge in [-0.3, -0.25) is 4.79 Å². The molecule has 1 aromatic heterocycles. The predicted molar refractivity (Wildman–Crippen MR) is 117 cm³/mol. The highest BCUT2D eigenvalue weighted by Crippen LogP contribution is 2.52. The first-order valence-electron chi connectivity index (χ1n) is 9.66. The molecule has 7 heteroatoms. The van der Waals surface area contributed by atoms with E-state index in [1.165, 1.54) is 16.2 Å². The lowest BCUT2D eigenvalue weighted by Gasteiger charge is -2.30. The van der Waals surface area contributed by atoms with Crippen LogP contribution in [0.4, 0.5) is 9.93 Å².